The normalized spacial score (nSPS) is 16.6. The van der Waals surface area contributed by atoms with Crippen LogP contribution in [0, 0.1) is 0 Å². The summed E-state index contributed by atoms with van der Waals surface area (Å²) in [4.78, 5) is 14.8. The molecule has 30 heavy (non-hydrogen) atoms. The molecule has 0 radical (unpaired) electrons. The largest absolute Gasteiger partial charge is 0.493 e. The van der Waals surface area contributed by atoms with Gasteiger partial charge in [0.2, 0.25) is 5.95 Å². The zero-order chi connectivity index (χ0) is 20.7. The van der Waals surface area contributed by atoms with Crippen molar-refractivity contribution in [2.24, 2.45) is 7.05 Å². The number of methoxy groups -OCH3 is 2. The summed E-state index contributed by atoms with van der Waals surface area (Å²) in [5.41, 5.74) is 3.15. The molecule has 0 spiro atoms. The molecule has 0 atom stereocenters. The number of aryl methyl sites for hydroxylation is 1. The van der Waals surface area contributed by atoms with E-state index in [4.69, 9.17) is 19.4 Å². The lowest BCUT2D eigenvalue weighted by Gasteiger charge is -2.21. The zero-order valence-corrected chi connectivity index (χ0v) is 18.0. The average Bonchev–Trinajstić information content (AvgIpc) is 3.54. The van der Waals surface area contributed by atoms with Crippen LogP contribution in [0.25, 0.3) is 22.3 Å². The van der Waals surface area contributed by atoms with E-state index in [9.17, 15) is 0 Å². The predicted molar refractivity (Wildman–Crippen MR) is 120 cm³/mol. The van der Waals surface area contributed by atoms with Gasteiger partial charge in [0.25, 0.3) is 0 Å². The van der Waals surface area contributed by atoms with Crippen molar-refractivity contribution in [2.75, 3.05) is 50.2 Å². The summed E-state index contributed by atoms with van der Waals surface area (Å²) in [5, 5.41) is 1.12. The third-order valence-electron chi connectivity index (χ3n) is 6.33. The lowest BCUT2D eigenvalue weighted by molar-refractivity contribution is 0.355. The summed E-state index contributed by atoms with van der Waals surface area (Å²) < 4.78 is 13.1. The summed E-state index contributed by atoms with van der Waals surface area (Å²) in [6.07, 6.45) is 4.87. The molecule has 0 bridgehead atoms. The molecule has 4 heterocycles. The van der Waals surface area contributed by atoms with E-state index >= 15 is 0 Å². The topological polar surface area (TPSA) is 55.7 Å². The Morgan fingerprint density at radius 1 is 0.800 bits per heavy atom. The molecular weight excluding hydrogens is 378 g/mol. The van der Waals surface area contributed by atoms with Gasteiger partial charge in [-0.1, -0.05) is 0 Å². The molecule has 2 aliphatic rings. The SMILES string of the molecule is COc1ccc(-c2cc3c(N4CCCC4)nc(N4CCCC4)nc3n2C)cc1OC. The van der Waals surface area contributed by atoms with Crippen molar-refractivity contribution in [1.82, 2.24) is 14.5 Å². The Morgan fingerprint density at radius 2 is 1.47 bits per heavy atom. The van der Waals surface area contributed by atoms with Crippen LogP contribution >= 0.6 is 0 Å². The number of ether oxygens (including phenoxy) is 2. The van der Waals surface area contributed by atoms with Gasteiger partial charge in [-0.2, -0.15) is 9.97 Å². The van der Waals surface area contributed by atoms with Gasteiger partial charge in [-0.15, -0.1) is 0 Å². The Labute approximate surface area is 177 Å². The second kappa shape index (κ2) is 7.70. The first-order valence-electron chi connectivity index (χ1n) is 10.8. The van der Waals surface area contributed by atoms with Crippen LogP contribution in [0.2, 0.25) is 0 Å². The van der Waals surface area contributed by atoms with Crippen molar-refractivity contribution in [3.05, 3.63) is 24.3 Å². The molecular formula is C23H29N5O2. The predicted octanol–water partition coefficient (Wildman–Crippen LogP) is 3.85. The number of anilines is 2. The van der Waals surface area contributed by atoms with E-state index in [0.717, 1.165) is 71.7 Å². The number of nitrogens with zero attached hydrogens (tertiary/aromatic N) is 5. The number of aromatic nitrogens is 3. The molecule has 7 nitrogen and oxygen atoms in total. The molecule has 7 heteroatoms. The molecule has 0 N–H and O–H groups in total. The monoisotopic (exact) mass is 407 g/mol. The molecule has 0 saturated carbocycles. The van der Waals surface area contributed by atoms with Gasteiger partial charge in [0.05, 0.1) is 25.3 Å². The number of rotatable bonds is 5. The van der Waals surface area contributed by atoms with E-state index in [0.29, 0.717) is 0 Å². The molecule has 0 aliphatic carbocycles. The van der Waals surface area contributed by atoms with Gasteiger partial charge in [0, 0.05) is 38.8 Å². The molecule has 2 saturated heterocycles. The van der Waals surface area contributed by atoms with Crippen LogP contribution in [0.5, 0.6) is 11.5 Å². The lowest BCUT2D eigenvalue weighted by atomic mass is 10.1. The van der Waals surface area contributed by atoms with Crippen LogP contribution in [-0.2, 0) is 7.05 Å². The summed E-state index contributed by atoms with van der Waals surface area (Å²) in [5.74, 6) is 3.39. The van der Waals surface area contributed by atoms with Crippen LogP contribution in [0.15, 0.2) is 24.3 Å². The number of hydrogen-bond acceptors (Lipinski definition) is 6. The third kappa shape index (κ3) is 3.13. The highest BCUT2D eigenvalue weighted by atomic mass is 16.5. The molecule has 2 aliphatic heterocycles. The van der Waals surface area contributed by atoms with E-state index in [-0.39, 0.29) is 0 Å². The Morgan fingerprint density at radius 3 is 2.13 bits per heavy atom. The van der Waals surface area contributed by atoms with Gasteiger partial charge in [0.15, 0.2) is 11.5 Å². The average molecular weight is 408 g/mol. The molecule has 0 amide bonds. The van der Waals surface area contributed by atoms with E-state index in [2.05, 4.69) is 33.5 Å². The lowest BCUT2D eigenvalue weighted by Crippen LogP contribution is -2.24. The maximum Gasteiger partial charge on any atom is 0.229 e. The minimum absolute atomic E-state index is 0.726. The maximum atomic E-state index is 5.53. The molecule has 1 aromatic carbocycles. The number of hydrogen-bond donors (Lipinski definition) is 0. The Hall–Kier alpha value is -2.96. The molecule has 158 valence electrons. The van der Waals surface area contributed by atoms with Gasteiger partial charge in [-0.05, 0) is 49.9 Å². The van der Waals surface area contributed by atoms with Crippen molar-refractivity contribution >= 4 is 22.8 Å². The smallest absolute Gasteiger partial charge is 0.229 e. The van der Waals surface area contributed by atoms with Gasteiger partial charge in [-0.25, -0.2) is 0 Å². The summed E-state index contributed by atoms with van der Waals surface area (Å²) in [7, 11) is 5.41. The molecule has 0 unspecified atom stereocenters. The quantitative estimate of drug-likeness (QED) is 0.640. The van der Waals surface area contributed by atoms with E-state index in [1.54, 1.807) is 14.2 Å². The fourth-order valence-corrected chi connectivity index (χ4v) is 4.67. The van der Waals surface area contributed by atoms with Crippen molar-refractivity contribution in [1.29, 1.82) is 0 Å². The van der Waals surface area contributed by atoms with Crippen LogP contribution in [0.3, 0.4) is 0 Å². The highest BCUT2D eigenvalue weighted by Crippen LogP contribution is 2.37. The standard InChI is InChI=1S/C23H29N5O2/c1-26-18(16-8-9-19(29-2)20(14-16)30-3)15-17-21(26)24-23(28-12-6-7-13-28)25-22(17)27-10-4-5-11-27/h8-9,14-15H,4-7,10-13H2,1-3H3. The Bertz CT molecular complexity index is 1070. The van der Waals surface area contributed by atoms with Crippen molar-refractivity contribution in [3.8, 4) is 22.8 Å². The van der Waals surface area contributed by atoms with E-state index in [1.807, 2.05) is 12.1 Å². The summed E-state index contributed by atoms with van der Waals surface area (Å²) in [6, 6.07) is 8.27. The van der Waals surface area contributed by atoms with Crippen LogP contribution < -0.4 is 19.3 Å². The second-order valence-electron chi connectivity index (χ2n) is 8.13. The first kappa shape index (κ1) is 19.0. The molecule has 5 rings (SSSR count). The molecule has 2 aromatic heterocycles. The third-order valence-corrected chi connectivity index (χ3v) is 6.33. The first-order chi connectivity index (χ1) is 14.7. The first-order valence-corrected chi connectivity index (χ1v) is 10.8. The maximum absolute atomic E-state index is 5.53. The minimum Gasteiger partial charge on any atom is -0.493 e. The summed E-state index contributed by atoms with van der Waals surface area (Å²) >= 11 is 0. The zero-order valence-electron chi connectivity index (χ0n) is 18.0. The van der Waals surface area contributed by atoms with Gasteiger partial charge in [0.1, 0.15) is 11.5 Å². The van der Waals surface area contributed by atoms with Crippen molar-refractivity contribution < 1.29 is 9.47 Å². The second-order valence-corrected chi connectivity index (χ2v) is 8.13. The van der Waals surface area contributed by atoms with Gasteiger partial charge in [-0.3, -0.25) is 0 Å². The highest BCUT2D eigenvalue weighted by Gasteiger charge is 2.24. The van der Waals surface area contributed by atoms with Crippen molar-refractivity contribution in [3.63, 3.8) is 0 Å². The van der Waals surface area contributed by atoms with Gasteiger partial charge < -0.3 is 23.8 Å². The van der Waals surface area contributed by atoms with E-state index < -0.39 is 0 Å². The van der Waals surface area contributed by atoms with Crippen molar-refractivity contribution in [2.45, 2.75) is 25.7 Å². The molecule has 2 fully saturated rings. The number of fused-ring (bicyclic) bond motifs is 1. The Balaban J connectivity index is 1.67. The summed E-state index contributed by atoms with van der Waals surface area (Å²) in [6.45, 7) is 4.20. The highest BCUT2D eigenvalue weighted by molar-refractivity contribution is 5.94. The fourth-order valence-electron chi connectivity index (χ4n) is 4.67. The minimum atomic E-state index is 0.726. The van der Waals surface area contributed by atoms with Crippen LogP contribution in [-0.4, -0.2) is 54.9 Å². The van der Waals surface area contributed by atoms with E-state index in [1.165, 1.54) is 25.7 Å². The van der Waals surface area contributed by atoms with Crippen LogP contribution in [0.4, 0.5) is 11.8 Å². The molecule has 3 aromatic rings. The van der Waals surface area contributed by atoms with Gasteiger partial charge >= 0.3 is 0 Å². The van der Waals surface area contributed by atoms with Crippen LogP contribution in [0.1, 0.15) is 25.7 Å². The number of benzene rings is 1. The Kier molecular flexibility index (Phi) is 4.89. The fraction of sp³-hybridized carbons (Fsp3) is 0.478.